The number of phenolic OH excluding ortho intramolecular Hbond substituents is 1. The van der Waals surface area contributed by atoms with Gasteiger partial charge in [0, 0.05) is 13.1 Å². The van der Waals surface area contributed by atoms with Crippen LogP contribution in [0, 0.1) is 0 Å². The van der Waals surface area contributed by atoms with Crippen molar-refractivity contribution < 1.29 is 14.6 Å². The molecule has 2 amide bonds. The van der Waals surface area contributed by atoms with Crippen molar-refractivity contribution >= 4 is 17.4 Å². The number of carbonyl (C=O) groups excluding carboxylic acids is 1. The molecule has 1 atom stereocenters. The summed E-state index contributed by atoms with van der Waals surface area (Å²) < 4.78 is 5.02. The van der Waals surface area contributed by atoms with E-state index in [1.54, 1.807) is 23.5 Å². The summed E-state index contributed by atoms with van der Waals surface area (Å²) in [5.41, 5.74) is 2.02. The number of hydrogen-bond acceptors (Lipinski definition) is 5. The van der Waals surface area contributed by atoms with Gasteiger partial charge in [0.1, 0.15) is 0 Å². The third-order valence-corrected chi connectivity index (χ3v) is 5.03. The van der Waals surface area contributed by atoms with E-state index in [0.29, 0.717) is 18.8 Å². The zero-order valence-corrected chi connectivity index (χ0v) is 16.3. The molecule has 2 aromatic rings. The summed E-state index contributed by atoms with van der Waals surface area (Å²) in [7, 11) is 1.50. The van der Waals surface area contributed by atoms with Crippen LogP contribution >= 0.6 is 11.3 Å². The quantitative estimate of drug-likeness (QED) is 0.627. The van der Waals surface area contributed by atoms with Crippen LogP contribution in [0.1, 0.15) is 31.0 Å². The van der Waals surface area contributed by atoms with Gasteiger partial charge in [-0.1, -0.05) is 19.9 Å². The number of rotatable bonds is 9. The van der Waals surface area contributed by atoms with Gasteiger partial charge in [0.05, 0.1) is 13.2 Å². The molecule has 3 N–H and O–H groups in total. The SMILES string of the molecule is CCN(CC)C(CNC(=O)NCc1ccc(OC)c(O)c1)c1ccsc1. The number of urea groups is 1. The fraction of sp³-hybridized carbons (Fsp3) is 0.421. The molecule has 6 nitrogen and oxygen atoms in total. The number of aromatic hydroxyl groups is 1. The number of ether oxygens (including phenoxy) is 1. The van der Waals surface area contributed by atoms with E-state index in [2.05, 4.69) is 46.2 Å². The summed E-state index contributed by atoms with van der Waals surface area (Å²) in [5, 5.41) is 19.8. The Morgan fingerprint density at radius 1 is 1.27 bits per heavy atom. The second-order valence-electron chi connectivity index (χ2n) is 5.86. The van der Waals surface area contributed by atoms with Gasteiger partial charge in [-0.05, 0) is 53.2 Å². The van der Waals surface area contributed by atoms with E-state index >= 15 is 0 Å². The lowest BCUT2D eigenvalue weighted by Crippen LogP contribution is -2.41. The number of thiophene rings is 1. The number of hydrogen-bond donors (Lipinski definition) is 3. The number of likely N-dealkylation sites (N-methyl/N-ethyl adjacent to an activating group) is 1. The Bertz CT molecular complexity index is 687. The second-order valence-corrected chi connectivity index (χ2v) is 6.64. The van der Waals surface area contributed by atoms with Crippen molar-refractivity contribution in [3.8, 4) is 11.5 Å². The smallest absolute Gasteiger partial charge is 0.315 e. The summed E-state index contributed by atoms with van der Waals surface area (Å²) in [5.74, 6) is 0.474. The van der Waals surface area contributed by atoms with Crippen molar-refractivity contribution in [1.29, 1.82) is 0 Å². The minimum atomic E-state index is -0.229. The Hall–Kier alpha value is -2.25. The van der Waals surface area contributed by atoms with Crippen molar-refractivity contribution in [3.05, 3.63) is 46.2 Å². The van der Waals surface area contributed by atoms with Crippen LogP contribution in [-0.4, -0.2) is 42.8 Å². The molecule has 0 aliphatic rings. The van der Waals surface area contributed by atoms with Crippen molar-refractivity contribution in [2.75, 3.05) is 26.7 Å². The molecule has 0 aliphatic heterocycles. The molecule has 0 saturated carbocycles. The van der Waals surface area contributed by atoms with Crippen LogP contribution in [0.4, 0.5) is 4.79 Å². The Balaban J connectivity index is 1.89. The van der Waals surface area contributed by atoms with Gasteiger partial charge in [0.15, 0.2) is 11.5 Å². The number of carbonyl (C=O) groups is 1. The van der Waals surface area contributed by atoms with E-state index in [0.717, 1.165) is 18.7 Å². The molecule has 1 aromatic heterocycles. The van der Waals surface area contributed by atoms with Crippen LogP contribution < -0.4 is 15.4 Å². The molecular formula is C19H27N3O3S. The molecule has 2 rings (SSSR count). The van der Waals surface area contributed by atoms with Gasteiger partial charge in [-0.15, -0.1) is 0 Å². The molecule has 26 heavy (non-hydrogen) atoms. The number of nitrogens with zero attached hydrogens (tertiary/aromatic N) is 1. The fourth-order valence-corrected chi connectivity index (χ4v) is 3.57. The molecular weight excluding hydrogens is 350 g/mol. The highest BCUT2D eigenvalue weighted by Gasteiger charge is 2.19. The first kappa shape index (κ1) is 20.1. The maximum Gasteiger partial charge on any atom is 0.315 e. The first-order valence-electron chi connectivity index (χ1n) is 8.72. The second kappa shape index (κ2) is 10.0. The van der Waals surface area contributed by atoms with Gasteiger partial charge < -0.3 is 20.5 Å². The Labute approximate surface area is 158 Å². The molecule has 1 heterocycles. The maximum atomic E-state index is 12.2. The topological polar surface area (TPSA) is 73.8 Å². The first-order chi connectivity index (χ1) is 12.6. The minimum absolute atomic E-state index is 0.0614. The summed E-state index contributed by atoms with van der Waals surface area (Å²) in [4.78, 5) is 14.5. The van der Waals surface area contributed by atoms with Crippen LogP contribution in [0.15, 0.2) is 35.0 Å². The normalized spacial score (nSPS) is 12.0. The summed E-state index contributed by atoms with van der Waals surface area (Å²) in [6.45, 7) is 6.96. The monoisotopic (exact) mass is 377 g/mol. The number of phenols is 1. The summed E-state index contributed by atoms with van der Waals surface area (Å²) in [6.07, 6.45) is 0. The van der Waals surface area contributed by atoms with Gasteiger partial charge in [0.2, 0.25) is 0 Å². The van der Waals surface area contributed by atoms with Gasteiger partial charge in [-0.2, -0.15) is 11.3 Å². The number of amides is 2. The molecule has 142 valence electrons. The van der Waals surface area contributed by atoms with Gasteiger partial charge >= 0.3 is 6.03 Å². The minimum Gasteiger partial charge on any atom is -0.504 e. The largest absolute Gasteiger partial charge is 0.504 e. The number of nitrogens with one attached hydrogen (secondary N) is 2. The third-order valence-electron chi connectivity index (χ3n) is 4.33. The highest BCUT2D eigenvalue weighted by Crippen LogP contribution is 2.26. The summed E-state index contributed by atoms with van der Waals surface area (Å²) in [6, 6.07) is 7.11. The van der Waals surface area contributed by atoms with E-state index in [9.17, 15) is 9.90 Å². The Morgan fingerprint density at radius 2 is 2.04 bits per heavy atom. The van der Waals surface area contributed by atoms with Gasteiger partial charge in [-0.25, -0.2) is 4.79 Å². The standard InChI is InChI=1S/C19H27N3O3S/c1-4-22(5-2)16(15-8-9-26-13-15)12-21-19(24)20-11-14-6-7-18(25-3)17(23)10-14/h6-10,13,16,23H,4-5,11-12H2,1-3H3,(H2,20,21,24). The van der Waals surface area contributed by atoms with Gasteiger partial charge in [-0.3, -0.25) is 4.90 Å². The van der Waals surface area contributed by atoms with Crippen LogP contribution in [0.5, 0.6) is 11.5 Å². The molecule has 0 bridgehead atoms. The lowest BCUT2D eigenvalue weighted by Gasteiger charge is -2.29. The zero-order valence-electron chi connectivity index (χ0n) is 15.5. The summed E-state index contributed by atoms with van der Waals surface area (Å²) >= 11 is 1.66. The Morgan fingerprint density at radius 3 is 2.62 bits per heavy atom. The predicted molar refractivity (Wildman–Crippen MR) is 105 cm³/mol. The highest BCUT2D eigenvalue weighted by molar-refractivity contribution is 7.07. The van der Waals surface area contributed by atoms with Crippen LogP contribution in [0.2, 0.25) is 0 Å². The third kappa shape index (κ3) is 5.37. The molecule has 0 spiro atoms. The molecule has 0 saturated heterocycles. The maximum absolute atomic E-state index is 12.2. The van der Waals surface area contributed by atoms with Crippen molar-refractivity contribution in [2.45, 2.75) is 26.4 Å². The van der Waals surface area contributed by atoms with E-state index in [1.165, 1.54) is 12.7 Å². The average molecular weight is 378 g/mol. The molecule has 0 radical (unpaired) electrons. The van der Waals surface area contributed by atoms with E-state index < -0.39 is 0 Å². The van der Waals surface area contributed by atoms with Crippen molar-refractivity contribution in [2.24, 2.45) is 0 Å². The first-order valence-corrected chi connectivity index (χ1v) is 9.67. The number of benzene rings is 1. The lowest BCUT2D eigenvalue weighted by molar-refractivity contribution is 0.206. The molecule has 0 aliphatic carbocycles. The Kier molecular flexibility index (Phi) is 7.74. The lowest BCUT2D eigenvalue weighted by atomic mass is 10.1. The fourth-order valence-electron chi connectivity index (χ4n) is 2.87. The van der Waals surface area contributed by atoms with Crippen LogP contribution in [0.3, 0.4) is 0 Å². The zero-order chi connectivity index (χ0) is 18.9. The van der Waals surface area contributed by atoms with Gasteiger partial charge in [0.25, 0.3) is 0 Å². The van der Waals surface area contributed by atoms with E-state index in [4.69, 9.17) is 4.74 Å². The van der Waals surface area contributed by atoms with E-state index in [1.807, 2.05) is 6.07 Å². The molecule has 0 fully saturated rings. The van der Waals surface area contributed by atoms with E-state index in [-0.39, 0.29) is 17.8 Å². The van der Waals surface area contributed by atoms with Crippen molar-refractivity contribution in [1.82, 2.24) is 15.5 Å². The molecule has 7 heteroatoms. The van der Waals surface area contributed by atoms with Crippen molar-refractivity contribution in [3.63, 3.8) is 0 Å². The molecule has 1 aromatic carbocycles. The highest BCUT2D eigenvalue weighted by atomic mass is 32.1. The average Bonchev–Trinajstić information content (AvgIpc) is 3.18. The number of methoxy groups -OCH3 is 1. The van der Waals surface area contributed by atoms with Crippen LogP contribution in [0.25, 0.3) is 0 Å². The predicted octanol–water partition coefficient (Wildman–Crippen LogP) is 3.34. The van der Waals surface area contributed by atoms with Crippen LogP contribution in [-0.2, 0) is 6.54 Å². The molecule has 1 unspecified atom stereocenters.